The molecule has 0 unspecified atom stereocenters. The maximum Gasteiger partial charge on any atom is 1.00 e. The van der Waals surface area contributed by atoms with E-state index in [-0.39, 0.29) is 56.8 Å². The van der Waals surface area contributed by atoms with Gasteiger partial charge in [0.05, 0.1) is 0 Å². The molecule has 0 aliphatic rings. The molecule has 0 spiro atoms. The van der Waals surface area contributed by atoms with Gasteiger partial charge in [0.2, 0.25) is 0 Å². The number of hydrogen-bond acceptors (Lipinski definition) is 1. The van der Waals surface area contributed by atoms with E-state index in [0.717, 1.165) is 6.42 Å². The Kier molecular flexibility index (Phi) is 6.48. The van der Waals surface area contributed by atoms with E-state index in [1.807, 2.05) is 0 Å². The summed E-state index contributed by atoms with van der Waals surface area (Å²) in [5.74, 6) is 0. The van der Waals surface area contributed by atoms with E-state index in [0.29, 0.717) is 0 Å². The van der Waals surface area contributed by atoms with Crippen LogP contribution < -0.4 is 56.5 Å². The van der Waals surface area contributed by atoms with Crippen LogP contribution in [0.3, 0.4) is 0 Å². The van der Waals surface area contributed by atoms with E-state index in [2.05, 4.69) is 20.8 Å². The zero-order valence-corrected chi connectivity index (χ0v) is 11.2. The van der Waals surface area contributed by atoms with E-state index >= 15 is 0 Å². The average Bonchev–Trinajstić information content (AvgIpc) is 1.14. The largest absolute Gasteiger partial charge is 1.00 e. The van der Waals surface area contributed by atoms with Gasteiger partial charge in [-0.15, -0.1) is 5.60 Å². The fourth-order valence-electron chi connectivity index (χ4n) is 1.28. The first-order valence-corrected chi connectivity index (χ1v) is 3.41. The molecule has 0 aromatic heterocycles. The first-order chi connectivity index (χ1) is 3.71. The van der Waals surface area contributed by atoms with E-state index < -0.39 is 5.60 Å². The summed E-state index contributed by atoms with van der Waals surface area (Å²) < 4.78 is 0. The van der Waals surface area contributed by atoms with Crippen LogP contribution in [0.4, 0.5) is 0 Å². The molecule has 56 valence electrons. The predicted octanol–water partition coefficient (Wildman–Crippen LogP) is -1.43. The van der Waals surface area contributed by atoms with Gasteiger partial charge in [-0.25, -0.2) is 0 Å². The van der Waals surface area contributed by atoms with Crippen molar-refractivity contribution in [2.75, 3.05) is 0 Å². The molecule has 0 N–H and O–H groups in total. The molecular formula is C8H17KO. The Morgan fingerprint density at radius 1 is 1.00 bits per heavy atom. The van der Waals surface area contributed by atoms with E-state index in [9.17, 15) is 5.11 Å². The molecule has 0 aliphatic carbocycles. The summed E-state index contributed by atoms with van der Waals surface area (Å²) >= 11 is 0. The second kappa shape index (κ2) is 4.58. The van der Waals surface area contributed by atoms with Crippen LogP contribution in [-0.4, -0.2) is 5.60 Å². The van der Waals surface area contributed by atoms with Gasteiger partial charge in [-0.2, -0.15) is 0 Å². The van der Waals surface area contributed by atoms with Gasteiger partial charge >= 0.3 is 51.4 Å². The van der Waals surface area contributed by atoms with Crippen molar-refractivity contribution in [3.63, 3.8) is 0 Å². The van der Waals surface area contributed by atoms with Gasteiger partial charge in [0.15, 0.2) is 0 Å². The molecule has 0 saturated carbocycles. The molecule has 0 amide bonds. The van der Waals surface area contributed by atoms with Crippen molar-refractivity contribution in [3.8, 4) is 0 Å². The second-order valence-corrected chi connectivity index (χ2v) is 4.50. The van der Waals surface area contributed by atoms with Gasteiger partial charge in [-0.3, -0.25) is 0 Å². The quantitative estimate of drug-likeness (QED) is 0.440. The molecular weight excluding hydrogens is 151 g/mol. The van der Waals surface area contributed by atoms with Crippen LogP contribution in [0.5, 0.6) is 0 Å². The van der Waals surface area contributed by atoms with Crippen molar-refractivity contribution in [2.45, 2.75) is 46.6 Å². The van der Waals surface area contributed by atoms with Crippen molar-refractivity contribution in [1.82, 2.24) is 0 Å². The molecule has 0 bridgehead atoms. The Bertz CT molecular complexity index is 74.4. The summed E-state index contributed by atoms with van der Waals surface area (Å²) in [4.78, 5) is 0. The van der Waals surface area contributed by atoms with Crippen molar-refractivity contribution in [3.05, 3.63) is 0 Å². The van der Waals surface area contributed by atoms with Crippen molar-refractivity contribution >= 4 is 0 Å². The maximum absolute atomic E-state index is 11.1. The molecule has 0 heterocycles. The van der Waals surface area contributed by atoms with Crippen LogP contribution in [0.15, 0.2) is 0 Å². The molecule has 0 radical (unpaired) electrons. The summed E-state index contributed by atoms with van der Waals surface area (Å²) in [6.45, 7) is 9.74. The minimum Gasteiger partial charge on any atom is -0.850 e. The topological polar surface area (TPSA) is 23.1 Å². The minimum absolute atomic E-state index is 0. The summed E-state index contributed by atoms with van der Waals surface area (Å²) in [6.07, 6.45) is 0.736. The smallest absolute Gasteiger partial charge is 0.850 e. The molecule has 0 aromatic rings. The van der Waals surface area contributed by atoms with Gasteiger partial charge in [0.1, 0.15) is 0 Å². The third-order valence-corrected chi connectivity index (χ3v) is 0.956. The van der Waals surface area contributed by atoms with Crippen LogP contribution in [0, 0.1) is 5.41 Å². The van der Waals surface area contributed by atoms with Gasteiger partial charge < -0.3 is 5.11 Å². The monoisotopic (exact) mass is 168 g/mol. The normalized spacial score (nSPS) is 12.6. The van der Waals surface area contributed by atoms with Crippen molar-refractivity contribution in [2.24, 2.45) is 5.41 Å². The molecule has 0 aliphatic heterocycles. The van der Waals surface area contributed by atoms with Gasteiger partial charge in [0, 0.05) is 0 Å². The summed E-state index contributed by atoms with van der Waals surface area (Å²) in [5.41, 5.74) is -0.594. The molecule has 0 saturated heterocycles. The molecule has 2 heteroatoms. The van der Waals surface area contributed by atoms with Gasteiger partial charge in [0.25, 0.3) is 0 Å². The first-order valence-electron chi connectivity index (χ1n) is 3.41. The molecule has 0 atom stereocenters. The van der Waals surface area contributed by atoms with E-state index in [1.165, 1.54) is 0 Å². The Labute approximate surface area is 107 Å². The van der Waals surface area contributed by atoms with Crippen LogP contribution >= 0.6 is 0 Å². The Morgan fingerprint density at radius 3 is 1.30 bits per heavy atom. The zero-order chi connectivity index (χ0) is 7.71. The Balaban J connectivity index is 0. The van der Waals surface area contributed by atoms with Crippen LogP contribution in [-0.2, 0) is 0 Å². The van der Waals surface area contributed by atoms with Crippen molar-refractivity contribution in [1.29, 1.82) is 0 Å². The molecule has 0 fully saturated rings. The first kappa shape index (κ1) is 14.1. The van der Waals surface area contributed by atoms with E-state index in [4.69, 9.17) is 0 Å². The standard InChI is InChI=1S/C8H17O.K/c1-7(2,3)6-8(4,5)9;/h6H2,1-5H3;/q-1;+1. The third kappa shape index (κ3) is 12.3. The Morgan fingerprint density at radius 2 is 1.30 bits per heavy atom. The maximum atomic E-state index is 11.1. The van der Waals surface area contributed by atoms with Gasteiger partial charge in [-0.1, -0.05) is 41.0 Å². The van der Waals surface area contributed by atoms with Crippen LogP contribution in [0.1, 0.15) is 41.0 Å². The van der Waals surface area contributed by atoms with Crippen molar-refractivity contribution < 1.29 is 56.5 Å². The number of rotatable bonds is 1. The molecule has 0 rings (SSSR count). The SMILES string of the molecule is CC(C)(C)CC(C)(C)[O-].[K+]. The third-order valence-electron chi connectivity index (χ3n) is 0.956. The molecule has 0 aromatic carbocycles. The zero-order valence-electron chi connectivity index (χ0n) is 8.12. The van der Waals surface area contributed by atoms with Crippen LogP contribution in [0.2, 0.25) is 0 Å². The molecule has 1 nitrogen and oxygen atoms in total. The molecule has 10 heavy (non-hydrogen) atoms. The number of hydrogen-bond donors (Lipinski definition) is 0. The fourth-order valence-corrected chi connectivity index (χ4v) is 1.28. The summed E-state index contributed by atoms with van der Waals surface area (Å²) in [6, 6.07) is 0. The predicted molar refractivity (Wildman–Crippen MR) is 38.2 cm³/mol. The van der Waals surface area contributed by atoms with E-state index in [1.54, 1.807) is 13.8 Å². The summed E-state index contributed by atoms with van der Waals surface area (Å²) in [5, 5.41) is 11.1. The minimum atomic E-state index is -0.766. The second-order valence-electron chi connectivity index (χ2n) is 4.50. The fraction of sp³-hybridized carbons (Fsp3) is 1.00. The van der Waals surface area contributed by atoms with Crippen LogP contribution in [0.25, 0.3) is 0 Å². The summed E-state index contributed by atoms with van der Waals surface area (Å²) in [7, 11) is 0. The average molecular weight is 168 g/mol. The van der Waals surface area contributed by atoms with Gasteiger partial charge in [-0.05, 0) is 5.41 Å². The Hall–Kier alpha value is 1.60.